The van der Waals surface area contributed by atoms with Crippen LogP contribution in [0.1, 0.15) is 30.1 Å². The molecule has 2 heterocycles. The molecule has 104 valence electrons. The van der Waals surface area contributed by atoms with Gasteiger partial charge in [-0.25, -0.2) is 0 Å². The Balaban J connectivity index is 2.13. The molecule has 19 heavy (non-hydrogen) atoms. The number of piperidine rings is 1. The molecule has 0 aromatic carbocycles. The van der Waals surface area contributed by atoms with Gasteiger partial charge in [-0.1, -0.05) is 0 Å². The number of aromatic nitrogens is 2. The topological polar surface area (TPSA) is 67.2 Å². The summed E-state index contributed by atoms with van der Waals surface area (Å²) < 4.78 is 1.61. The highest BCUT2D eigenvalue weighted by atomic mass is 16.2. The predicted molar refractivity (Wildman–Crippen MR) is 70.5 cm³/mol. The van der Waals surface area contributed by atoms with E-state index in [-0.39, 0.29) is 11.8 Å². The third kappa shape index (κ3) is 2.62. The van der Waals surface area contributed by atoms with E-state index in [1.54, 1.807) is 36.1 Å². The SMILES string of the molecule is CNC(=O)C1(C)CCCN(C(=O)c2cnn(C)c2)C1. The monoisotopic (exact) mass is 264 g/mol. The van der Waals surface area contributed by atoms with E-state index in [0.717, 1.165) is 12.8 Å². The zero-order chi connectivity index (χ0) is 14.0. The summed E-state index contributed by atoms with van der Waals surface area (Å²) in [5, 5.41) is 6.70. The van der Waals surface area contributed by atoms with E-state index in [9.17, 15) is 9.59 Å². The number of rotatable bonds is 2. The Morgan fingerprint density at radius 1 is 1.47 bits per heavy atom. The van der Waals surface area contributed by atoms with Crippen molar-refractivity contribution in [3.8, 4) is 0 Å². The predicted octanol–water partition coefficient (Wildman–Crippen LogP) is 0.408. The number of carbonyl (C=O) groups is 2. The summed E-state index contributed by atoms with van der Waals surface area (Å²) in [5.74, 6) is -0.0564. The molecule has 0 spiro atoms. The lowest BCUT2D eigenvalue weighted by Crippen LogP contribution is -2.51. The van der Waals surface area contributed by atoms with E-state index >= 15 is 0 Å². The fourth-order valence-corrected chi connectivity index (χ4v) is 2.61. The molecule has 6 nitrogen and oxygen atoms in total. The minimum Gasteiger partial charge on any atom is -0.359 e. The van der Waals surface area contributed by atoms with Gasteiger partial charge in [0.1, 0.15) is 0 Å². The Hall–Kier alpha value is -1.85. The molecule has 1 fully saturated rings. The van der Waals surface area contributed by atoms with Crippen molar-refractivity contribution in [2.45, 2.75) is 19.8 Å². The third-order valence-electron chi connectivity index (χ3n) is 3.71. The Morgan fingerprint density at radius 3 is 2.79 bits per heavy atom. The quantitative estimate of drug-likeness (QED) is 0.841. The third-order valence-corrected chi connectivity index (χ3v) is 3.71. The second-order valence-electron chi connectivity index (χ2n) is 5.37. The second-order valence-corrected chi connectivity index (χ2v) is 5.37. The van der Waals surface area contributed by atoms with Crippen LogP contribution in [0.5, 0.6) is 0 Å². The zero-order valence-corrected chi connectivity index (χ0v) is 11.6. The maximum Gasteiger partial charge on any atom is 0.257 e. The van der Waals surface area contributed by atoms with Gasteiger partial charge < -0.3 is 10.2 Å². The van der Waals surface area contributed by atoms with E-state index in [1.165, 1.54) is 0 Å². The normalized spacial score (nSPS) is 23.2. The van der Waals surface area contributed by atoms with Crippen LogP contribution in [0.15, 0.2) is 12.4 Å². The molecule has 0 radical (unpaired) electrons. The second kappa shape index (κ2) is 5.03. The molecule has 1 atom stereocenters. The van der Waals surface area contributed by atoms with Gasteiger partial charge in [0.25, 0.3) is 5.91 Å². The molecule has 1 aromatic heterocycles. The van der Waals surface area contributed by atoms with Gasteiger partial charge in [-0.15, -0.1) is 0 Å². The van der Waals surface area contributed by atoms with Gasteiger partial charge in [0.15, 0.2) is 0 Å². The zero-order valence-electron chi connectivity index (χ0n) is 11.6. The number of nitrogens with zero attached hydrogens (tertiary/aromatic N) is 3. The Morgan fingerprint density at radius 2 is 2.21 bits per heavy atom. The summed E-state index contributed by atoms with van der Waals surface area (Å²) in [7, 11) is 3.41. The van der Waals surface area contributed by atoms with Gasteiger partial charge in [-0.3, -0.25) is 14.3 Å². The maximum atomic E-state index is 12.4. The molecule has 1 N–H and O–H groups in total. The highest BCUT2D eigenvalue weighted by molar-refractivity contribution is 5.94. The fourth-order valence-electron chi connectivity index (χ4n) is 2.61. The molecule has 6 heteroatoms. The Kier molecular flexibility index (Phi) is 3.59. The van der Waals surface area contributed by atoms with Crippen molar-refractivity contribution in [2.24, 2.45) is 12.5 Å². The van der Waals surface area contributed by atoms with Gasteiger partial charge in [0, 0.05) is 33.4 Å². The van der Waals surface area contributed by atoms with Crippen molar-refractivity contribution in [3.63, 3.8) is 0 Å². The standard InChI is InChI=1S/C13H20N4O2/c1-13(12(19)14-2)5-4-6-17(9-13)11(18)10-7-15-16(3)8-10/h7-8H,4-6,9H2,1-3H3,(H,14,19). The average Bonchev–Trinajstić information content (AvgIpc) is 2.83. The van der Waals surface area contributed by atoms with Crippen LogP contribution in [-0.2, 0) is 11.8 Å². The highest BCUT2D eigenvalue weighted by Gasteiger charge is 2.39. The smallest absolute Gasteiger partial charge is 0.257 e. The number of carbonyl (C=O) groups excluding carboxylic acids is 2. The fraction of sp³-hybridized carbons (Fsp3) is 0.615. The number of aryl methyl sites for hydroxylation is 1. The number of likely N-dealkylation sites (tertiary alicyclic amines) is 1. The summed E-state index contributed by atoms with van der Waals surface area (Å²) in [6.07, 6.45) is 4.92. The van der Waals surface area contributed by atoms with Crippen LogP contribution in [0.3, 0.4) is 0 Å². The Bertz CT molecular complexity index is 497. The summed E-state index contributed by atoms with van der Waals surface area (Å²) in [6, 6.07) is 0. The van der Waals surface area contributed by atoms with Crippen LogP contribution in [0.2, 0.25) is 0 Å². The van der Waals surface area contributed by atoms with Crippen molar-refractivity contribution >= 4 is 11.8 Å². The number of amides is 2. The van der Waals surface area contributed by atoms with Crippen molar-refractivity contribution in [1.29, 1.82) is 0 Å². The molecular formula is C13H20N4O2. The number of hydrogen-bond donors (Lipinski definition) is 1. The van der Waals surface area contributed by atoms with Gasteiger partial charge in [-0.05, 0) is 19.8 Å². The highest BCUT2D eigenvalue weighted by Crippen LogP contribution is 2.30. The molecular weight excluding hydrogens is 244 g/mol. The molecule has 0 bridgehead atoms. The van der Waals surface area contributed by atoms with Gasteiger partial charge in [0.05, 0.1) is 17.2 Å². The lowest BCUT2D eigenvalue weighted by Gasteiger charge is -2.38. The first-order valence-corrected chi connectivity index (χ1v) is 6.46. The maximum absolute atomic E-state index is 12.4. The van der Waals surface area contributed by atoms with Crippen molar-refractivity contribution in [1.82, 2.24) is 20.0 Å². The van der Waals surface area contributed by atoms with Crippen LogP contribution in [0.4, 0.5) is 0 Å². The van der Waals surface area contributed by atoms with Crippen LogP contribution >= 0.6 is 0 Å². The average molecular weight is 264 g/mol. The molecule has 1 saturated heterocycles. The summed E-state index contributed by atoms with van der Waals surface area (Å²) in [6.45, 7) is 3.06. The molecule has 2 rings (SSSR count). The van der Waals surface area contributed by atoms with E-state index in [4.69, 9.17) is 0 Å². The number of hydrogen-bond acceptors (Lipinski definition) is 3. The molecule has 0 saturated carbocycles. The van der Waals surface area contributed by atoms with Gasteiger partial charge in [-0.2, -0.15) is 5.10 Å². The van der Waals surface area contributed by atoms with Crippen LogP contribution < -0.4 is 5.32 Å². The van der Waals surface area contributed by atoms with Gasteiger partial charge >= 0.3 is 0 Å². The molecule has 1 unspecified atom stereocenters. The first-order valence-electron chi connectivity index (χ1n) is 6.46. The first kappa shape index (κ1) is 13.6. The lowest BCUT2D eigenvalue weighted by molar-refractivity contribution is -0.132. The van der Waals surface area contributed by atoms with E-state index in [1.807, 2.05) is 6.92 Å². The molecule has 1 aromatic rings. The van der Waals surface area contributed by atoms with Crippen molar-refractivity contribution in [2.75, 3.05) is 20.1 Å². The minimum atomic E-state index is -0.495. The van der Waals surface area contributed by atoms with E-state index in [0.29, 0.717) is 18.7 Å². The van der Waals surface area contributed by atoms with E-state index < -0.39 is 5.41 Å². The minimum absolute atomic E-state index is 0.00353. The first-order chi connectivity index (χ1) is 8.96. The summed E-state index contributed by atoms with van der Waals surface area (Å²) in [5.41, 5.74) is 0.0777. The Labute approximate surface area is 112 Å². The molecule has 1 aliphatic heterocycles. The summed E-state index contributed by atoms with van der Waals surface area (Å²) >= 11 is 0. The lowest BCUT2D eigenvalue weighted by atomic mass is 9.81. The van der Waals surface area contributed by atoms with Crippen LogP contribution in [0.25, 0.3) is 0 Å². The largest absolute Gasteiger partial charge is 0.359 e. The molecule has 2 amide bonds. The number of nitrogens with one attached hydrogen (secondary N) is 1. The summed E-state index contributed by atoms with van der Waals surface area (Å²) in [4.78, 5) is 26.0. The van der Waals surface area contributed by atoms with Crippen molar-refractivity contribution < 1.29 is 9.59 Å². The van der Waals surface area contributed by atoms with Crippen LogP contribution in [0, 0.1) is 5.41 Å². The van der Waals surface area contributed by atoms with E-state index in [2.05, 4.69) is 10.4 Å². The van der Waals surface area contributed by atoms with Crippen LogP contribution in [-0.4, -0.2) is 46.6 Å². The molecule has 0 aliphatic carbocycles. The van der Waals surface area contributed by atoms with Crippen molar-refractivity contribution in [3.05, 3.63) is 18.0 Å². The van der Waals surface area contributed by atoms with Gasteiger partial charge in [0.2, 0.25) is 5.91 Å². The molecule has 1 aliphatic rings.